The summed E-state index contributed by atoms with van der Waals surface area (Å²) in [5.74, 6) is 0.940. The minimum Gasteiger partial charge on any atom is -0.338 e. The molecule has 1 aromatic heterocycles. The van der Waals surface area contributed by atoms with Crippen molar-refractivity contribution in [3.63, 3.8) is 0 Å². The first-order valence-electron chi connectivity index (χ1n) is 7.42. The average Bonchev–Trinajstić information content (AvgIpc) is 2.81. The predicted octanol–water partition coefficient (Wildman–Crippen LogP) is 5.14. The largest absolute Gasteiger partial charge is 0.338 e. The first kappa shape index (κ1) is 13.9. The molecule has 108 valence electrons. The first-order valence-corrected chi connectivity index (χ1v) is 7.42. The van der Waals surface area contributed by atoms with E-state index < -0.39 is 0 Å². The Morgan fingerprint density at radius 2 is 1.52 bits per heavy atom. The molecule has 0 atom stereocenters. The van der Waals surface area contributed by atoms with E-state index >= 15 is 0 Å². The van der Waals surface area contributed by atoms with Crippen LogP contribution in [0, 0.1) is 13.8 Å². The van der Waals surface area contributed by atoms with E-state index in [1.165, 1.54) is 16.7 Å². The van der Waals surface area contributed by atoms with Crippen molar-refractivity contribution in [2.45, 2.75) is 40.0 Å². The number of hydrogen-bond donors (Lipinski definition) is 1. The Balaban J connectivity index is 2.04. The molecule has 0 saturated heterocycles. The molecule has 0 fully saturated rings. The number of H-pyrrole nitrogens is 1. The van der Waals surface area contributed by atoms with Gasteiger partial charge in [-0.25, -0.2) is 4.98 Å². The topological polar surface area (TPSA) is 28.7 Å². The van der Waals surface area contributed by atoms with Crippen LogP contribution in [-0.2, 0) is 5.41 Å². The highest BCUT2D eigenvalue weighted by Gasteiger charge is 2.14. The van der Waals surface area contributed by atoms with Crippen LogP contribution in [-0.4, -0.2) is 9.97 Å². The van der Waals surface area contributed by atoms with Gasteiger partial charge in [-0.3, -0.25) is 0 Å². The normalized spacial score (nSPS) is 12.0. The van der Waals surface area contributed by atoms with Crippen LogP contribution in [0.3, 0.4) is 0 Å². The fourth-order valence-electron chi connectivity index (χ4n) is 2.53. The third-order valence-corrected chi connectivity index (χ3v) is 4.12. The van der Waals surface area contributed by atoms with Gasteiger partial charge in [0.2, 0.25) is 0 Å². The second kappa shape index (κ2) is 4.73. The standard InChI is InChI=1S/C19H22N2/c1-12-10-16-17(11-13(12)2)21-18(20-16)14-6-8-15(9-7-14)19(3,4)5/h6-11H,1-5H3,(H,20,21). The van der Waals surface area contributed by atoms with E-state index in [1.54, 1.807) is 0 Å². The lowest BCUT2D eigenvalue weighted by molar-refractivity contribution is 0.590. The van der Waals surface area contributed by atoms with Gasteiger partial charge >= 0.3 is 0 Å². The number of aryl methyl sites for hydroxylation is 2. The molecule has 2 aromatic carbocycles. The van der Waals surface area contributed by atoms with Crippen molar-refractivity contribution in [1.29, 1.82) is 0 Å². The minimum absolute atomic E-state index is 0.181. The molecule has 1 N–H and O–H groups in total. The molecule has 0 aliphatic rings. The SMILES string of the molecule is Cc1cc2nc(-c3ccc(C(C)(C)C)cc3)[nH]c2cc1C. The van der Waals surface area contributed by atoms with E-state index in [4.69, 9.17) is 4.98 Å². The molecular weight excluding hydrogens is 256 g/mol. The van der Waals surface area contributed by atoms with Crippen LogP contribution in [0.25, 0.3) is 22.4 Å². The fraction of sp³-hybridized carbons (Fsp3) is 0.316. The Labute approximate surface area is 126 Å². The quantitative estimate of drug-likeness (QED) is 0.655. The number of hydrogen-bond acceptors (Lipinski definition) is 1. The van der Waals surface area contributed by atoms with E-state index in [1.807, 2.05) is 0 Å². The van der Waals surface area contributed by atoms with Gasteiger partial charge in [-0.2, -0.15) is 0 Å². The minimum atomic E-state index is 0.181. The van der Waals surface area contributed by atoms with Gasteiger partial charge in [0.25, 0.3) is 0 Å². The van der Waals surface area contributed by atoms with Gasteiger partial charge in [-0.1, -0.05) is 45.0 Å². The van der Waals surface area contributed by atoms with Gasteiger partial charge in [0.15, 0.2) is 0 Å². The maximum atomic E-state index is 4.72. The van der Waals surface area contributed by atoms with Crippen LogP contribution in [0.1, 0.15) is 37.5 Å². The molecule has 0 aliphatic heterocycles. The molecule has 0 bridgehead atoms. The summed E-state index contributed by atoms with van der Waals surface area (Å²) in [6.45, 7) is 11.0. The van der Waals surface area contributed by atoms with Crippen molar-refractivity contribution in [1.82, 2.24) is 9.97 Å². The van der Waals surface area contributed by atoms with Crippen molar-refractivity contribution in [3.8, 4) is 11.4 Å². The van der Waals surface area contributed by atoms with E-state index in [-0.39, 0.29) is 5.41 Å². The second-order valence-electron chi connectivity index (χ2n) is 6.87. The van der Waals surface area contributed by atoms with Crippen molar-refractivity contribution in [2.24, 2.45) is 0 Å². The lowest BCUT2D eigenvalue weighted by Crippen LogP contribution is -2.10. The number of imidazole rings is 1. The third-order valence-electron chi connectivity index (χ3n) is 4.12. The Kier molecular flexibility index (Phi) is 3.12. The Morgan fingerprint density at radius 3 is 2.14 bits per heavy atom. The van der Waals surface area contributed by atoms with E-state index in [9.17, 15) is 0 Å². The monoisotopic (exact) mass is 278 g/mol. The van der Waals surface area contributed by atoms with E-state index in [0.29, 0.717) is 0 Å². The molecule has 0 unspecified atom stereocenters. The lowest BCUT2D eigenvalue weighted by Gasteiger charge is -2.18. The van der Waals surface area contributed by atoms with Crippen molar-refractivity contribution >= 4 is 11.0 Å². The van der Waals surface area contributed by atoms with E-state index in [2.05, 4.69) is 76.0 Å². The van der Waals surface area contributed by atoms with Crippen LogP contribution in [0.2, 0.25) is 0 Å². The average molecular weight is 278 g/mol. The molecule has 1 heterocycles. The summed E-state index contributed by atoms with van der Waals surface area (Å²) < 4.78 is 0. The summed E-state index contributed by atoms with van der Waals surface area (Å²) in [6, 6.07) is 13.0. The van der Waals surface area contributed by atoms with Crippen molar-refractivity contribution in [3.05, 3.63) is 53.1 Å². The molecule has 3 rings (SSSR count). The van der Waals surface area contributed by atoms with Gasteiger partial charge in [0, 0.05) is 5.56 Å². The molecule has 21 heavy (non-hydrogen) atoms. The van der Waals surface area contributed by atoms with Crippen LogP contribution in [0.5, 0.6) is 0 Å². The summed E-state index contributed by atoms with van der Waals surface area (Å²) in [6.07, 6.45) is 0. The maximum Gasteiger partial charge on any atom is 0.138 e. The number of fused-ring (bicyclic) bond motifs is 1. The zero-order chi connectivity index (χ0) is 15.2. The Bertz CT molecular complexity index is 748. The second-order valence-corrected chi connectivity index (χ2v) is 6.87. The summed E-state index contributed by atoms with van der Waals surface area (Å²) in [5.41, 5.74) is 7.37. The zero-order valence-electron chi connectivity index (χ0n) is 13.4. The van der Waals surface area contributed by atoms with Crippen molar-refractivity contribution in [2.75, 3.05) is 0 Å². The zero-order valence-corrected chi connectivity index (χ0v) is 13.4. The number of aromatic nitrogens is 2. The smallest absolute Gasteiger partial charge is 0.138 e. The van der Waals surface area contributed by atoms with Gasteiger partial charge in [0.1, 0.15) is 5.82 Å². The molecule has 2 heteroatoms. The molecule has 2 nitrogen and oxygen atoms in total. The summed E-state index contributed by atoms with van der Waals surface area (Å²) in [5, 5.41) is 0. The van der Waals surface area contributed by atoms with Gasteiger partial charge in [-0.05, 0) is 48.1 Å². The summed E-state index contributed by atoms with van der Waals surface area (Å²) in [7, 11) is 0. The number of aromatic amines is 1. The highest BCUT2D eigenvalue weighted by atomic mass is 14.9. The highest BCUT2D eigenvalue weighted by molar-refractivity contribution is 5.81. The molecule has 0 spiro atoms. The molecule has 0 aliphatic carbocycles. The summed E-state index contributed by atoms with van der Waals surface area (Å²) in [4.78, 5) is 8.15. The van der Waals surface area contributed by atoms with Gasteiger partial charge in [0.05, 0.1) is 11.0 Å². The lowest BCUT2D eigenvalue weighted by atomic mass is 9.87. The van der Waals surface area contributed by atoms with Gasteiger partial charge in [-0.15, -0.1) is 0 Å². The van der Waals surface area contributed by atoms with Crippen molar-refractivity contribution < 1.29 is 0 Å². The van der Waals surface area contributed by atoms with Crippen LogP contribution in [0.15, 0.2) is 36.4 Å². The Morgan fingerprint density at radius 1 is 0.905 bits per heavy atom. The van der Waals surface area contributed by atoms with Crippen LogP contribution in [0.4, 0.5) is 0 Å². The Hall–Kier alpha value is -2.09. The molecule has 3 aromatic rings. The van der Waals surface area contributed by atoms with Gasteiger partial charge < -0.3 is 4.98 Å². The number of rotatable bonds is 1. The maximum absolute atomic E-state index is 4.72. The molecule has 0 amide bonds. The fourth-order valence-corrected chi connectivity index (χ4v) is 2.53. The van der Waals surface area contributed by atoms with Crippen LogP contribution < -0.4 is 0 Å². The number of benzene rings is 2. The third kappa shape index (κ3) is 2.58. The summed E-state index contributed by atoms with van der Waals surface area (Å²) >= 11 is 0. The highest BCUT2D eigenvalue weighted by Crippen LogP contribution is 2.26. The first-order chi connectivity index (χ1) is 9.84. The number of nitrogens with one attached hydrogen (secondary N) is 1. The van der Waals surface area contributed by atoms with Crippen LogP contribution >= 0.6 is 0 Å². The number of nitrogens with zero attached hydrogens (tertiary/aromatic N) is 1. The predicted molar refractivity (Wildman–Crippen MR) is 89.7 cm³/mol. The molecular formula is C19H22N2. The molecule has 0 radical (unpaired) electrons. The van der Waals surface area contributed by atoms with E-state index in [0.717, 1.165) is 22.4 Å². The molecule has 0 saturated carbocycles.